The van der Waals surface area contributed by atoms with Gasteiger partial charge in [0, 0.05) is 50.4 Å². The third-order valence-electron chi connectivity index (χ3n) is 5.39. The summed E-state index contributed by atoms with van der Waals surface area (Å²) in [5.41, 5.74) is 4.95. The van der Waals surface area contributed by atoms with Crippen molar-refractivity contribution in [2.45, 2.75) is 33.1 Å². The molecule has 3 amide bonds. The van der Waals surface area contributed by atoms with Crippen LogP contribution in [0.1, 0.15) is 40.7 Å². The molecule has 166 valence electrons. The molecule has 31 heavy (non-hydrogen) atoms. The molecule has 0 aromatic heterocycles. The molecule has 1 saturated heterocycles. The minimum absolute atomic E-state index is 0.142. The van der Waals surface area contributed by atoms with Crippen LogP contribution in [0.5, 0.6) is 0 Å². The van der Waals surface area contributed by atoms with Crippen LogP contribution in [-0.4, -0.2) is 45.3 Å². The Kier molecular flexibility index (Phi) is 7.89. The minimum atomic E-state index is -0.340. The van der Waals surface area contributed by atoms with Gasteiger partial charge < -0.3 is 25.6 Å². The van der Waals surface area contributed by atoms with E-state index in [2.05, 4.69) is 20.9 Å². The average Bonchev–Trinajstić information content (AvgIpc) is 3.28. The van der Waals surface area contributed by atoms with Crippen LogP contribution in [0.3, 0.4) is 0 Å². The van der Waals surface area contributed by atoms with E-state index in [1.807, 2.05) is 44.2 Å². The number of amides is 3. The van der Waals surface area contributed by atoms with Gasteiger partial charge in [-0.2, -0.15) is 0 Å². The van der Waals surface area contributed by atoms with Gasteiger partial charge in [-0.25, -0.2) is 4.79 Å². The number of nitrogens with one attached hydrogen (secondary N) is 3. The topological polar surface area (TPSA) is 82.7 Å². The monoisotopic (exact) mass is 424 g/mol. The van der Waals surface area contributed by atoms with Crippen LogP contribution in [0.15, 0.2) is 36.4 Å². The van der Waals surface area contributed by atoms with Crippen molar-refractivity contribution in [3.63, 3.8) is 0 Å². The highest BCUT2D eigenvalue weighted by atomic mass is 16.5. The molecule has 1 aliphatic heterocycles. The Balaban J connectivity index is 1.74. The molecule has 7 heteroatoms. The lowest BCUT2D eigenvalue weighted by Gasteiger charge is -2.22. The molecule has 0 spiro atoms. The maximum Gasteiger partial charge on any atom is 0.323 e. The molecule has 0 atom stereocenters. The zero-order valence-corrected chi connectivity index (χ0v) is 18.6. The summed E-state index contributed by atoms with van der Waals surface area (Å²) in [7, 11) is 1.64. The Morgan fingerprint density at radius 2 is 1.81 bits per heavy atom. The van der Waals surface area contributed by atoms with Gasteiger partial charge in [-0.15, -0.1) is 0 Å². The number of aryl methyl sites for hydroxylation is 2. The molecular weight excluding hydrogens is 392 g/mol. The molecular formula is C24H32N4O3. The van der Waals surface area contributed by atoms with E-state index in [1.165, 1.54) is 0 Å². The van der Waals surface area contributed by atoms with Crippen molar-refractivity contribution in [3.8, 4) is 0 Å². The number of benzene rings is 2. The lowest BCUT2D eigenvalue weighted by Crippen LogP contribution is -2.29. The highest BCUT2D eigenvalue weighted by Crippen LogP contribution is 2.28. The lowest BCUT2D eigenvalue weighted by atomic mass is 10.1. The summed E-state index contributed by atoms with van der Waals surface area (Å²) in [5, 5.41) is 8.69. The van der Waals surface area contributed by atoms with E-state index in [9.17, 15) is 9.59 Å². The molecule has 0 bridgehead atoms. The molecule has 1 aliphatic rings. The summed E-state index contributed by atoms with van der Waals surface area (Å²) in [6, 6.07) is 11.0. The van der Waals surface area contributed by atoms with E-state index >= 15 is 0 Å². The van der Waals surface area contributed by atoms with Crippen LogP contribution < -0.4 is 20.9 Å². The summed E-state index contributed by atoms with van der Waals surface area (Å²) in [4.78, 5) is 27.6. The van der Waals surface area contributed by atoms with Gasteiger partial charge in [0.05, 0.1) is 5.56 Å². The van der Waals surface area contributed by atoms with E-state index in [0.717, 1.165) is 54.9 Å². The summed E-state index contributed by atoms with van der Waals surface area (Å²) < 4.78 is 5.05. The predicted octanol–water partition coefficient (Wildman–Crippen LogP) is 4.31. The number of carbonyl (C=O) groups is 2. The van der Waals surface area contributed by atoms with E-state index in [-0.39, 0.29) is 11.9 Å². The fraction of sp³-hybridized carbons (Fsp3) is 0.417. The van der Waals surface area contributed by atoms with Gasteiger partial charge in [-0.3, -0.25) is 4.79 Å². The van der Waals surface area contributed by atoms with Crippen LogP contribution in [0.4, 0.5) is 21.9 Å². The smallest absolute Gasteiger partial charge is 0.323 e. The Hall–Kier alpha value is -3.06. The van der Waals surface area contributed by atoms with Crippen molar-refractivity contribution in [3.05, 3.63) is 53.1 Å². The van der Waals surface area contributed by atoms with Crippen LogP contribution in [-0.2, 0) is 4.74 Å². The highest BCUT2D eigenvalue weighted by Gasteiger charge is 2.20. The van der Waals surface area contributed by atoms with Gasteiger partial charge in [0.25, 0.3) is 5.91 Å². The number of ether oxygens (including phenoxy) is 1. The number of anilines is 3. The summed E-state index contributed by atoms with van der Waals surface area (Å²) in [5.74, 6) is -0.142. The fourth-order valence-corrected chi connectivity index (χ4v) is 3.78. The molecule has 0 aliphatic carbocycles. The molecule has 0 unspecified atom stereocenters. The fourth-order valence-electron chi connectivity index (χ4n) is 3.78. The third kappa shape index (κ3) is 6.21. The number of nitrogens with zero attached hydrogens (tertiary/aromatic N) is 1. The van der Waals surface area contributed by atoms with Gasteiger partial charge in [0.2, 0.25) is 0 Å². The average molecular weight is 425 g/mol. The molecule has 2 aromatic rings. The first-order valence-corrected chi connectivity index (χ1v) is 10.8. The zero-order chi connectivity index (χ0) is 22.2. The number of urea groups is 1. The maximum absolute atomic E-state index is 12.9. The molecule has 3 N–H and O–H groups in total. The Labute approximate surface area is 184 Å². The van der Waals surface area contributed by atoms with Gasteiger partial charge in [0.1, 0.15) is 0 Å². The van der Waals surface area contributed by atoms with Crippen molar-refractivity contribution in [1.82, 2.24) is 5.32 Å². The molecule has 0 saturated carbocycles. The summed E-state index contributed by atoms with van der Waals surface area (Å²) in [6.07, 6.45) is 2.98. The molecule has 1 heterocycles. The zero-order valence-electron chi connectivity index (χ0n) is 18.6. The molecule has 0 radical (unpaired) electrons. The maximum atomic E-state index is 12.9. The molecule has 2 aromatic carbocycles. The predicted molar refractivity (Wildman–Crippen MR) is 125 cm³/mol. The van der Waals surface area contributed by atoms with Crippen molar-refractivity contribution >= 4 is 29.0 Å². The van der Waals surface area contributed by atoms with Gasteiger partial charge in [-0.1, -0.05) is 17.7 Å². The van der Waals surface area contributed by atoms with E-state index in [1.54, 1.807) is 13.2 Å². The molecule has 3 rings (SSSR count). The second kappa shape index (κ2) is 10.8. The van der Waals surface area contributed by atoms with E-state index in [0.29, 0.717) is 24.4 Å². The second-order valence-electron chi connectivity index (χ2n) is 7.93. The number of carbonyl (C=O) groups excluding carboxylic acids is 2. The minimum Gasteiger partial charge on any atom is -0.385 e. The van der Waals surface area contributed by atoms with Crippen molar-refractivity contribution in [2.75, 3.05) is 48.9 Å². The van der Waals surface area contributed by atoms with E-state index < -0.39 is 0 Å². The number of rotatable bonds is 8. The number of hydrogen-bond donors (Lipinski definition) is 3. The Bertz CT molecular complexity index is 923. The van der Waals surface area contributed by atoms with Crippen LogP contribution in [0.25, 0.3) is 0 Å². The van der Waals surface area contributed by atoms with E-state index in [4.69, 9.17) is 4.74 Å². The van der Waals surface area contributed by atoms with Gasteiger partial charge in [-0.05, 0) is 62.9 Å². The SMILES string of the molecule is COCCCNC(=O)c1cc(NC(=O)Nc2ccc(C)cc2C)ccc1N1CCCC1. The summed E-state index contributed by atoms with van der Waals surface area (Å²) in [6.45, 7) is 6.98. The Morgan fingerprint density at radius 3 is 2.52 bits per heavy atom. The van der Waals surface area contributed by atoms with Crippen molar-refractivity contribution < 1.29 is 14.3 Å². The summed E-state index contributed by atoms with van der Waals surface area (Å²) >= 11 is 0. The van der Waals surface area contributed by atoms with Gasteiger partial charge in [0.15, 0.2) is 0 Å². The second-order valence-corrected chi connectivity index (χ2v) is 7.93. The van der Waals surface area contributed by atoms with Crippen LogP contribution in [0.2, 0.25) is 0 Å². The molecule has 1 fully saturated rings. The third-order valence-corrected chi connectivity index (χ3v) is 5.39. The molecule has 7 nitrogen and oxygen atoms in total. The normalized spacial score (nSPS) is 13.2. The highest BCUT2D eigenvalue weighted by molar-refractivity contribution is 6.04. The quantitative estimate of drug-likeness (QED) is 0.552. The van der Waals surface area contributed by atoms with Crippen molar-refractivity contribution in [1.29, 1.82) is 0 Å². The standard InChI is InChI=1S/C24H32N4O3/c1-17-7-9-21(18(2)15-17)27-24(30)26-19-8-10-22(28-12-4-5-13-28)20(16-19)23(29)25-11-6-14-31-3/h7-10,15-16H,4-6,11-14H2,1-3H3,(H,25,29)(H2,26,27,30). The van der Waals surface area contributed by atoms with Crippen LogP contribution >= 0.6 is 0 Å². The van der Waals surface area contributed by atoms with Crippen LogP contribution in [0, 0.1) is 13.8 Å². The van der Waals surface area contributed by atoms with Crippen molar-refractivity contribution in [2.24, 2.45) is 0 Å². The first kappa shape index (κ1) is 22.6. The number of methoxy groups -OCH3 is 1. The number of hydrogen-bond acceptors (Lipinski definition) is 4. The first-order valence-electron chi connectivity index (χ1n) is 10.8. The Morgan fingerprint density at radius 1 is 1.03 bits per heavy atom. The largest absolute Gasteiger partial charge is 0.385 e. The lowest BCUT2D eigenvalue weighted by molar-refractivity contribution is 0.0949. The van der Waals surface area contributed by atoms with Gasteiger partial charge >= 0.3 is 6.03 Å². The first-order chi connectivity index (χ1) is 15.0.